The second kappa shape index (κ2) is 29.5. The van der Waals surface area contributed by atoms with Gasteiger partial charge >= 0.3 is 19.3 Å². The summed E-state index contributed by atoms with van der Waals surface area (Å²) in [5.41, 5.74) is 4.08. The lowest BCUT2D eigenvalue weighted by molar-refractivity contribution is -0.122. The number of benzene rings is 6. The third-order valence-electron chi connectivity index (χ3n) is 15.8. The maximum atomic E-state index is 12.8. The Morgan fingerprint density at radius 2 is 1.10 bits per heavy atom. The number of likely N-dealkylation sites (tertiary alicyclic amines) is 2. The molecule has 0 spiro atoms. The minimum absolute atomic E-state index is 0. The van der Waals surface area contributed by atoms with E-state index in [2.05, 4.69) is 125 Å². The number of amides is 4. The van der Waals surface area contributed by atoms with Crippen molar-refractivity contribution in [2.45, 2.75) is 106 Å². The number of hydrogen-bond acceptors (Lipinski definition) is 14. The van der Waals surface area contributed by atoms with Crippen LogP contribution >= 0.6 is 54.5 Å². The van der Waals surface area contributed by atoms with Crippen molar-refractivity contribution in [2.24, 2.45) is 11.8 Å². The molecule has 484 valence electrons. The van der Waals surface area contributed by atoms with Gasteiger partial charge in [0, 0.05) is 76.3 Å². The Hall–Kier alpha value is -5.73. The van der Waals surface area contributed by atoms with Gasteiger partial charge in [-0.1, -0.05) is 84.0 Å². The monoisotopic (exact) mass is 1480 g/mol. The summed E-state index contributed by atoms with van der Waals surface area (Å²) in [6.07, 6.45) is -0.602. The summed E-state index contributed by atoms with van der Waals surface area (Å²) in [7, 11) is 1.19. The van der Waals surface area contributed by atoms with Gasteiger partial charge in [-0.25, -0.2) is 9.59 Å². The Labute approximate surface area is 560 Å². The first-order valence-corrected chi connectivity index (χ1v) is 32.5. The van der Waals surface area contributed by atoms with E-state index in [1.54, 1.807) is 26.7 Å². The summed E-state index contributed by atoms with van der Waals surface area (Å²) in [5, 5.41) is 4.55. The van der Waals surface area contributed by atoms with Crippen LogP contribution < -0.4 is 29.5 Å². The third-order valence-corrected chi connectivity index (χ3v) is 18.7. The van der Waals surface area contributed by atoms with Gasteiger partial charge in [-0.3, -0.25) is 9.59 Å². The summed E-state index contributed by atoms with van der Waals surface area (Å²) in [6.45, 7) is 28.3. The molecule has 6 aromatic carbocycles. The van der Waals surface area contributed by atoms with Crippen LogP contribution in [0.1, 0.15) is 82.2 Å². The molecule has 12 rings (SSSR count). The Morgan fingerprint density at radius 1 is 0.633 bits per heavy atom. The van der Waals surface area contributed by atoms with Crippen LogP contribution in [0.5, 0.6) is 17.2 Å². The van der Waals surface area contributed by atoms with Crippen LogP contribution in [0.2, 0.25) is 0 Å². The molecule has 6 aromatic rings. The molecule has 0 N–H and O–H groups in total. The fourth-order valence-electron chi connectivity index (χ4n) is 10.7. The fraction of sp³-hybridized carbons (Fsp3) is 0.471. The standard InChI is InChI=1S/C28H29BrN2O4.C18H23BO4.C17H20BrIN2O4.C4H8O2.CH4/c1-17-9-19-7-5-6-8-20(19)21(10-17)22-11-25-24(12-23(22)29)31(26(32)16-34-25)15-18-13-30(14-18)27(33)35-28(2,3)4;1-17(2)18(3,4)23-19(22-17)16-11-14(21-12-20-5)10-13-8-6-7-9-15(13)16;1-17(2,3)25-16(23)20-6-10(7-20)8-21-13-4-11(18)12(19)5-14(13)24-9-15(21)22;1-2-6-4-3-5-1;/h5-12,18H,13-16H2,1-4H3;6-11H,12H2,1-5H3;4-5,10H,6-9H2,1-3H3;1-4H2;1H4. The van der Waals surface area contributed by atoms with Crippen LogP contribution in [0.15, 0.2) is 106 Å². The molecule has 18 nitrogen and oxygen atoms in total. The number of halogens is 3. The van der Waals surface area contributed by atoms with Crippen molar-refractivity contribution < 1.29 is 66.4 Å². The van der Waals surface area contributed by atoms with Gasteiger partial charge in [0.25, 0.3) is 11.8 Å². The first-order valence-electron chi connectivity index (χ1n) is 29.9. The number of ether oxygens (including phenoxy) is 8. The molecule has 22 heteroatoms. The number of rotatable bonds is 9. The summed E-state index contributed by atoms with van der Waals surface area (Å²) < 4.78 is 58.0. The van der Waals surface area contributed by atoms with Crippen LogP contribution in [-0.4, -0.2) is 156 Å². The highest BCUT2D eigenvalue weighted by molar-refractivity contribution is 14.1. The van der Waals surface area contributed by atoms with Crippen LogP contribution in [0, 0.1) is 22.3 Å². The predicted molar refractivity (Wildman–Crippen MR) is 368 cm³/mol. The fourth-order valence-corrected chi connectivity index (χ4v) is 12.0. The van der Waals surface area contributed by atoms with Gasteiger partial charge in [0.05, 0.1) is 49.0 Å². The molecule has 0 bridgehead atoms. The highest BCUT2D eigenvalue weighted by Gasteiger charge is 2.52. The van der Waals surface area contributed by atoms with E-state index < -0.39 is 18.3 Å². The highest BCUT2D eigenvalue weighted by atomic mass is 127. The molecule has 90 heavy (non-hydrogen) atoms. The van der Waals surface area contributed by atoms with Crippen molar-refractivity contribution in [1.29, 1.82) is 0 Å². The molecule has 0 radical (unpaired) electrons. The van der Waals surface area contributed by atoms with Crippen molar-refractivity contribution in [3.05, 3.63) is 115 Å². The van der Waals surface area contributed by atoms with E-state index in [1.165, 1.54) is 16.3 Å². The predicted octanol–water partition coefficient (Wildman–Crippen LogP) is 13.6. The molecule has 6 aliphatic heterocycles. The molecule has 0 aliphatic carbocycles. The Morgan fingerprint density at radius 3 is 1.59 bits per heavy atom. The van der Waals surface area contributed by atoms with Gasteiger partial charge in [-0.15, -0.1) is 0 Å². The largest absolute Gasteiger partial charge is 0.495 e. The number of carbonyl (C=O) groups is 4. The van der Waals surface area contributed by atoms with Gasteiger partial charge in [-0.2, -0.15) is 0 Å². The SMILES string of the molecule is C.C1COCCO1.CC(C)(C)OC(=O)N1CC(CN2C(=O)COc3cc(I)c(Br)cc32)C1.COCOc1cc(B2OC(C)(C)C(C)(C)O2)c2ccccc2c1.Cc1cc(-c2cc3c(cc2Br)N(CC2CN(C(=O)OC(C)(C)C)C2)C(=O)CO3)c2ccccc2c1. The normalized spacial score (nSPS) is 17.7. The van der Waals surface area contributed by atoms with Crippen LogP contribution in [0.3, 0.4) is 0 Å². The van der Waals surface area contributed by atoms with Crippen LogP contribution in [0.4, 0.5) is 21.0 Å². The smallest absolute Gasteiger partial charge is 0.482 e. The number of nitrogens with zero attached hydrogens (tertiary/aromatic N) is 4. The van der Waals surface area contributed by atoms with Crippen molar-refractivity contribution in [1.82, 2.24) is 9.80 Å². The van der Waals surface area contributed by atoms with Crippen molar-refractivity contribution in [3.8, 4) is 28.4 Å². The average Bonchev–Trinajstić information content (AvgIpc) is 1.65. The Balaban J connectivity index is 0.000000169. The van der Waals surface area contributed by atoms with E-state index in [0.29, 0.717) is 45.0 Å². The summed E-state index contributed by atoms with van der Waals surface area (Å²) >= 11 is 9.48. The molecular formula is C68H84BBr2IN4O14. The van der Waals surface area contributed by atoms with Gasteiger partial charge in [-0.05, 0) is 189 Å². The van der Waals surface area contributed by atoms with Gasteiger partial charge in [0.2, 0.25) is 0 Å². The van der Waals surface area contributed by atoms with E-state index in [0.717, 1.165) is 89.2 Å². The zero-order valence-corrected chi connectivity index (χ0v) is 58.1. The number of fused-ring (bicyclic) bond motifs is 4. The first kappa shape index (κ1) is 70.1. The molecular weight excluding hydrogens is 1390 g/mol. The number of hydrogen-bond donors (Lipinski definition) is 0. The second-order valence-electron chi connectivity index (χ2n) is 25.8. The molecule has 6 heterocycles. The topological polar surface area (TPSA) is 174 Å². The van der Waals surface area contributed by atoms with E-state index in [1.807, 2.05) is 102 Å². The lowest BCUT2D eigenvalue weighted by Gasteiger charge is -2.42. The van der Waals surface area contributed by atoms with Gasteiger partial charge in [0.15, 0.2) is 20.0 Å². The van der Waals surface area contributed by atoms with Gasteiger partial charge < -0.3 is 66.8 Å². The first-order chi connectivity index (χ1) is 42.1. The van der Waals surface area contributed by atoms with Crippen molar-refractivity contribution >= 4 is 124 Å². The molecule has 6 aliphatic rings. The maximum Gasteiger partial charge on any atom is 0.495 e. The molecule has 0 unspecified atom stereocenters. The van der Waals surface area contributed by atoms with E-state index >= 15 is 0 Å². The lowest BCUT2D eigenvalue weighted by atomic mass is 9.76. The van der Waals surface area contributed by atoms with Crippen molar-refractivity contribution in [3.63, 3.8) is 0 Å². The number of carbonyl (C=O) groups excluding carboxylic acids is 4. The van der Waals surface area contributed by atoms with E-state index in [9.17, 15) is 19.2 Å². The molecule has 4 amide bonds. The third kappa shape index (κ3) is 17.3. The van der Waals surface area contributed by atoms with Gasteiger partial charge in [0.1, 0.15) is 28.5 Å². The summed E-state index contributed by atoms with van der Waals surface area (Å²) in [5.74, 6) is 2.45. The van der Waals surface area contributed by atoms with Crippen LogP contribution in [0.25, 0.3) is 32.7 Å². The quantitative estimate of drug-likeness (QED) is 0.0760. The molecule has 0 aromatic heterocycles. The Kier molecular flexibility index (Phi) is 23.0. The molecule has 0 atom stereocenters. The zero-order chi connectivity index (χ0) is 64.2. The van der Waals surface area contributed by atoms with E-state index in [-0.39, 0.29) is 74.5 Å². The molecule has 0 saturated carbocycles. The number of aryl methyl sites for hydroxylation is 1. The van der Waals surface area contributed by atoms with Crippen molar-refractivity contribution in [2.75, 3.05) is 103 Å². The average molecular weight is 1480 g/mol. The number of anilines is 2. The minimum atomic E-state index is -0.520. The summed E-state index contributed by atoms with van der Waals surface area (Å²) in [6, 6.07) is 32.7. The molecule has 4 saturated heterocycles. The van der Waals surface area contributed by atoms with E-state index in [4.69, 9.17) is 47.2 Å². The van der Waals surface area contributed by atoms with Crippen LogP contribution in [-0.2, 0) is 42.6 Å². The number of methoxy groups -OCH3 is 1. The highest BCUT2D eigenvalue weighted by Crippen LogP contribution is 2.45. The minimum Gasteiger partial charge on any atom is -0.482 e. The second-order valence-corrected chi connectivity index (χ2v) is 28.6. The summed E-state index contributed by atoms with van der Waals surface area (Å²) in [4.78, 5) is 56.3. The molecule has 4 fully saturated rings. The maximum absolute atomic E-state index is 12.8. The Bertz CT molecular complexity index is 3540. The zero-order valence-electron chi connectivity index (χ0n) is 52.8. The lowest BCUT2D eigenvalue weighted by Crippen LogP contribution is -2.56.